The Morgan fingerprint density at radius 2 is 2.35 bits per heavy atom. The van der Waals surface area contributed by atoms with Gasteiger partial charge < -0.3 is 15.4 Å². The van der Waals surface area contributed by atoms with Crippen LogP contribution in [0.3, 0.4) is 0 Å². The molecule has 0 spiro atoms. The monoisotopic (exact) mass is 240 g/mol. The van der Waals surface area contributed by atoms with E-state index in [-0.39, 0.29) is 11.3 Å². The van der Waals surface area contributed by atoms with Crippen molar-refractivity contribution in [2.45, 2.75) is 32.6 Å². The highest BCUT2D eigenvalue weighted by atomic mass is 16.5. The summed E-state index contributed by atoms with van der Waals surface area (Å²) in [5, 5.41) is 6.27. The molecular weight excluding hydrogens is 216 g/mol. The predicted molar refractivity (Wildman–Crippen MR) is 66.8 cm³/mol. The van der Waals surface area contributed by atoms with Crippen LogP contribution in [0.4, 0.5) is 0 Å². The molecule has 1 saturated heterocycles. The van der Waals surface area contributed by atoms with E-state index in [4.69, 9.17) is 4.74 Å². The Labute approximate surface area is 103 Å². The first-order valence-electron chi connectivity index (χ1n) is 6.77. The third-order valence-corrected chi connectivity index (χ3v) is 3.73. The van der Waals surface area contributed by atoms with Crippen molar-refractivity contribution < 1.29 is 9.53 Å². The highest BCUT2D eigenvalue weighted by Gasteiger charge is 2.34. The fourth-order valence-corrected chi connectivity index (χ4v) is 2.23. The van der Waals surface area contributed by atoms with Crippen LogP contribution in [0, 0.1) is 11.3 Å². The number of hydrogen-bond donors (Lipinski definition) is 2. The third-order valence-electron chi connectivity index (χ3n) is 3.73. The zero-order chi connectivity index (χ0) is 12.1. The molecule has 4 heteroatoms. The maximum Gasteiger partial charge on any atom is 0.227 e. The van der Waals surface area contributed by atoms with Crippen molar-refractivity contribution in [2.24, 2.45) is 11.3 Å². The number of rotatable bonds is 6. The summed E-state index contributed by atoms with van der Waals surface area (Å²) < 4.78 is 5.50. The lowest BCUT2D eigenvalue weighted by molar-refractivity contribution is -0.131. The minimum Gasteiger partial charge on any atom is -0.379 e. The number of carbonyl (C=O) groups is 1. The molecule has 98 valence electrons. The molecule has 1 aliphatic carbocycles. The van der Waals surface area contributed by atoms with Crippen LogP contribution in [0.25, 0.3) is 0 Å². The van der Waals surface area contributed by atoms with E-state index in [1.54, 1.807) is 0 Å². The zero-order valence-corrected chi connectivity index (χ0v) is 10.8. The smallest absolute Gasteiger partial charge is 0.227 e. The highest BCUT2D eigenvalue weighted by molar-refractivity contribution is 5.82. The van der Waals surface area contributed by atoms with E-state index < -0.39 is 0 Å². The molecule has 2 rings (SSSR count). The molecular formula is C13H24N2O2. The van der Waals surface area contributed by atoms with E-state index >= 15 is 0 Å². The molecule has 2 N–H and O–H groups in total. The van der Waals surface area contributed by atoms with Gasteiger partial charge in [0.25, 0.3) is 0 Å². The lowest BCUT2D eigenvalue weighted by atomic mass is 9.82. The standard InChI is InChI=1S/C13H24N2O2/c1-13(5-2-6-14-10-13)12(16)15-7-8-17-9-11-3-4-11/h11,14H,2-10H2,1H3,(H,15,16). The van der Waals surface area contributed by atoms with Gasteiger partial charge in [0, 0.05) is 19.7 Å². The van der Waals surface area contributed by atoms with Gasteiger partial charge in [-0.15, -0.1) is 0 Å². The van der Waals surface area contributed by atoms with Crippen LogP contribution < -0.4 is 10.6 Å². The van der Waals surface area contributed by atoms with Crippen LogP contribution in [-0.4, -0.2) is 38.8 Å². The highest BCUT2D eigenvalue weighted by Crippen LogP contribution is 2.28. The van der Waals surface area contributed by atoms with Crippen molar-refractivity contribution in [3.8, 4) is 0 Å². The Kier molecular flexibility index (Phi) is 4.40. The van der Waals surface area contributed by atoms with Gasteiger partial charge in [-0.1, -0.05) is 0 Å². The maximum absolute atomic E-state index is 12.0. The molecule has 0 bridgehead atoms. The Bertz CT molecular complexity index is 258. The quantitative estimate of drug-likeness (QED) is 0.679. The Morgan fingerprint density at radius 3 is 3.00 bits per heavy atom. The zero-order valence-electron chi connectivity index (χ0n) is 10.8. The molecule has 1 aliphatic heterocycles. The van der Waals surface area contributed by atoms with Gasteiger partial charge in [-0.3, -0.25) is 4.79 Å². The number of carbonyl (C=O) groups excluding carboxylic acids is 1. The second-order valence-corrected chi connectivity index (χ2v) is 5.62. The Morgan fingerprint density at radius 1 is 1.53 bits per heavy atom. The minimum atomic E-state index is -0.227. The summed E-state index contributed by atoms with van der Waals surface area (Å²) in [6.07, 6.45) is 4.70. The molecule has 0 aromatic heterocycles. The van der Waals surface area contributed by atoms with E-state index in [0.717, 1.165) is 38.5 Å². The van der Waals surface area contributed by atoms with Gasteiger partial charge in [0.2, 0.25) is 5.91 Å². The third kappa shape index (κ3) is 3.96. The summed E-state index contributed by atoms with van der Waals surface area (Å²) in [5.41, 5.74) is -0.227. The van der Waals surface area contributed by atoms with Crippen molar-refractivity contribution in [3.63, 3.8) is 0 Å². The van der Waals surface area contributed by atoms with Gasteiger partial charge in [0.1, 0.15) is 0 Å². The second kappa shape index (κ2) is 5.83. The van der Waals surface area contributed by atoms with Gasteiger partial charge in [-0.05, 0) is 45.1 Å². The predicted octanol–water partition coefficient (Wildman–Crippen LogP) is 0.919. The summed E-state index contributed by atoms with van der Waals surface area (Å²) in [6, 6.07) is 0. The lowest BCUT2D eigenvalue weighted by Gasteiger charge is -2.32. The van der Waals surface area contributed by atoms with Crippen LogP contribution in [0.15, 0.2) is 0 Å². The summed E-state index contributed by atoms with van der Waals surface area (Å²) >= 11 is 0. The molecule has 0 radical (unpaired) electrons. The summed E-state index contributed by atoms with van der Waals surface area (Å²) in [5.74, 6) is 0.963. The molecule has 0 aromatic carbocycles. The lowest BCUT2D eigenvalue weighted by Crippen LogP contribution is -2.49. The van der Waals surface area contributed by atoms with Gasteiger partial charge >= 0.3 is 0 Å². The molecule has 1 unspecified atom stereocenters. The Hall–Kier alpha value is -0.610. The average Bonchev–Trinajstić information content (AvgIpc) is 3.13. The summed E-state index contributed by atoms with van der Waals surface area (Å²) in [4.78, 5) is 12.0. The average molecular weight is 240 g/mol. The van der Waals surface area contributed by atoms with Crippen molar-refractivity contribution in [1.82, 2.24) is 10.6 Å². The maximum atomic E-state index is 12.0. The fourth-order valence-electron chi connectivity index (χ4n) is 2.23. The number of ether oxygens (including phenoxy) is 1. The number of nitrogens with one attached hydrogen (secondary N) is 2. The van der Waals surface area contributed by atoms with Crippen molar-refractivity contribution >= 4 is 5.91 Å². The first-order valence-corrected chi connectivity index (χ1v) is 6.77. The largest absolute Gasteiger partial charge is 0.379 e. The van der Waals surface area contributed by atoms with E-state index in [2.05, 4.69) is 10.6 Å². The number of hydrogen-bond acceptors (Lipinski definition) is 3. The molecule has 2 aliphatic rings. The van der Waals surface area contributed by atoms with Crippen molar-refractivity contribution in [3.05, 3.63) is 0 Å². The number of piperidine rings is 1. The van der Waals surface area contributed by atoms with Crippen LogP contribution in [-0.2, 0) is 9.53 Å². The molecule has 1 amide bonds. The molecule has 1 atom stereocenters. The fraction of sp³-hybridized carbons (Fsp3) is 0.923. The van der Waals surface area contributed by atoms with Crippen LogP contribution in [0.1, 0.15) is 32.6 Å². The molecule has 1 heterocycles. The molecule has 2 fully saturated rings. The molecule has 4 nitrogen and oxygen atoms in total. The SMILES string of the molecule is CC1(C(=O)NCCOCC2CC2)CCCNC1. The topological polar surface area (TPSA) is 50.4 Å². The first-order chi connectivity index (χ1) is 8.21. The first kappa shape index (κ1) is 12.8. The van der Waals surface area contributed by atoms with Crippen LogP contribution in [0.2, 0.25) is 0 Å². The van der Waals surface area contributed by atoms with Crippen LogP contribution in [0.5, 0.6) is 0 Å². The van der Waals surface area contributed by atoms with Crippen LogP contribution >= 0.6 is 0 Å². The van der Waals surface area contributed by atoms with Crippen molar-refractivity contribution in [1.29, 1.82) is 0 Å². The minimum absolute atomic E-state index is 0.166. The Balaban J connectivity index is 1.58. The van der Waals surface area contributed by atoms with E-state index in [9.17, 15) is 4.79 Å². The molecule has 0 aromatic rings. The summed E-state index contributed by atoms with van der Waals surface area (Å²) in [7, 11) is 0. The summed E-state index contributed by atoms with van der Waals surface area (Å²) in [6.45, 7) is 6.02. The molecule has 17 heavy (non-hydrogen) atoms. The number of amides is 1. The second-order valence-electron chi connectivity index (χ2n) is 5.62. The molecule has 1 saturated carbocycles. The van der Waals surface area contributed by atoms with Crippen molar-refractivity contribution in [2.75, 3.05) is 32.8 Å². The van der Waals surface area contributed by atoms with E-state index in [0.29, 0.717) is 13.2 Å². The van der Waals surface area contributed by atoms with Gasteiger partial charge in [0.05, 0.1) is 12.0 Å². The normalized spacial score (nSPS) is 29.0. The van der Waals surface area contributed by atoms with Gasteiger partial charge in [-0.2, -0.15) is 0 Å². The van der Waals surface area contributed by atoms with E-state index in [1.807, 2.05) is 6.92 Å². The van der Waals surface area contributed by atoms with Gasteiger partial charge in [-0.25, -0.2) is 0 Å². The van der Waals surface area contributed by atoms with E-state index in [1.165, 1.54) is 12.8 Å². The van der Waals surface area contributed by atoms with Gasteiger partial charge in [0.15, 0.2) is 0 Å².